The second-order valence-corrected chi connectivity index (χ2v) is 5.73. The molecule has 0 fully saturated rings. The lowest BCUT2D eigenvalue weighted by molar-refractivity contribution is 0.413. The minimum absolute atomic E-state index is 0.00716. The van der Waals surface area contributed by atoms with Crippen molar-refractivity contribution in [2.75, 3.05) is 17.8 Å². The molecule has 6 nitrogen and oxygen atoms in total. The molecule has 18 heavy (non-hydrogen) atoms. The van der Waals surface area contributed by atoms with Gasteiger partial charge in [-0.1, -0.05) is 13.8 Å². The number of aromatic nitrogens is 2. The van der Waals surface area contributed by atoms with Crippen molar-refractivity contribution < 1.29 is 8.42 Å². The van der Waals surface area contributed by atoms with Gasteiger partial charge in [-0.2, -0.15) is 17.7 Å². The summed E-state index contributed by atoms with van der Waals surface area (Å²) < 4.78 is 28.0. The van der Waals surface area contributed by atoms with Crippen LogP contribution in [0.4, 0.5) is 5.82 Å². The maximum absolute atomic E-state index is 12.1. The van der Waals surface area contributed by atoms with Crippen molar-refractivity contribution >= 4 is 27.6 Å². The molecule has 0 aromatic carbocycles. The zero-order chi connectivity index (χ0) is 13.6. The third-order valence-electron chi connectivity index (χ3n) is 2.15. The molecule has 8 heteroatoms. The van der Waals surface area contributed by atoms with Crippen molar-refractivity contribution in [3.63, 3.8) is 0 Å². The van der Waals surface area contributed by atoms with Crippen molar-refractivity contribution in [2.24, 2.45) is 0 Å². The quantitative estimate of drug-likeness (QED) is 0.779. The van der Waals surface area contributed by atoms with Crippen LogP contribution in [0.1, 0.15) is 26.7 Å². The molecule has 0 saturated carbocycles. The van der Waals surface area contributed by atoms with E-state index in [2.05, 4.69) is 14.7 Å². The zero-order valence-electron chi connectivity index (χ0n) is 10.4. The van der Waals surface area contributed by atoms with Crippen LogP contribution in [0.25, 0.3) is 0 Å². The molecule has 0 saturated heterocycles. The van der Waals surface area contributed by atoms with Gasteiger partial charge in [0.05, 0.1) is 0 Å². The first-order chi connectivity index (χ1) is 8.49. The van der Waals surface area contributed by atoms with Crippen LogP contribution in [0.5, 0.6) is 0 Å². The van der Waals surface area contributed by atoms with Crippen LogP contribution >= 0.6 is 11.6 Å². The lowest BCUT2D eigenvalue weighted by Crippen LogP contribution is -2.37. The van der Waals surface area contributed by atoms with Crippen molar-refractivity contribution in [3.8, 4) is 0 Å². The van der Waals surface area contributed by atoms with Crippen molar-refractivity contribution in [2.45, 2.75) is 26.7 Å². The minimum atomic E-state index is -3.58. The second-order valence-electron chi connectivity index (χ2n) is 3.72. The summed E-state index contributed by atoms with van der Waals surface area (Å²) in [6.45, 7) is 4.81. The Kier molecular flexibility index (Phi) is 5.77. The van der Waals surface area contributed by atoms with Crippen molar-refractivity contribution in [1.82, 2.24) is 14.3 Å². The first kappa shape index (κ1) is 15.1. The van der Waals surface area contributed by atoms with Crippen LogP contribution < -0.4 is 4.72 Å². The average Bonchev–Trinajstić information content (AvgIpc) is 2.28. The van der Waals surface area contributed by atoms with E-state index in [9.17, 15) is 8.42 Å². The molecule has 1 N–H and O–H groups in total. The SMILES string of the molecule is CCCN(CCC)S(=O)(=O)Nc1ccnc(Cl)n1. The van der Waals surface area contributed by atoms with Gasteiger partial charge in [-0.05, 0) is 30.5 Å². The normalized spacial score (nSPS) is 11.8. The second kappa shape index (κ2) is 6.86. The van der Waals surface area contributed by atoms with Crippen molar-refractivity contribution in [1.29, 1.82) is 0 Å². The average molecular weight is 293 g/mol. The summed E-state index contributed by atoms with van der Waals surface area (Å²) in [7, 11) is -3.58. The summed E-state index contributed by atoms with van der Waals surface area (Å²) in [5.74, 6) is 0.173. The summed E-state index contributed by atoms with van der Waals surface area (Å²) in [6, 6.07) is 1.46. The van der Waals surface area contributed by atoms with E-state index < -0.39 is 10.2 Å². The summed E-state index contributed by atoms with van der Waals surface area (Å²) in [5, 5.41) is 0.00716. The van der Waals surface area contributed by atoms with E-state index in [1.54, 1.807) is 0 Å². The van der Waals surface area contributed by atoms with Gasteiger partial charge in [0, 0.05) is 19.3 Å². The molecule has 0 aliphatic heterocycles. The predicted molar refractivity (Wildman–Crippen MR) is 71.7 cm³/mol. The minimum Gasteiger partial charge on any atom is -0.254 e. The van der Waals surface area contributed by atoms with Crippen LogP contribution in [0.2, 0.25) is 5.28 Å². The Hall–Kier alpha value is -0.920. The van der Waals surface area contributed by atoms with Gasteiger partial charge in [0.1, 0.15) is 5.82 Å². The highest BCUT2D eigenvalue weighted by atomic mass is 35.5. The third-order valence-corrected chi connectivity index (χ3v) is 3.84. The van der Waals surface area contributed by atoms with Gasteiger partial charge in [-0.15, -0.1) is 0 Å². The molecule has 0 spiro atoms. The lowest BCUT2D eigenvalue weighted by Gasteiger charge is -2.21. The highest BCUT2D eigenvalue weighted by molar-refractivity contribution is 7.90. The van der Waals surface area contributed by atoms with E-state index in [0.29, 0.717) is 13.1 Å². The number of halogens is 1. The standard InChI is InChI=1S/C10H17ClN4O2S/c1-3-7-15(8-4-2)18(16,17)14-9-5-6-12-10(11)13-9/h5-6H,3-4,7-8H2,1-2H3,(H,12,13,14). The number of anilines is 1. The fourth-order valence-electron chi connectivity index (χ4n) is 1.44. The number of rotatable bonds is 7. The third kappa shape index (κ3) is 4.40. The van der Waals surface area contributed by atoms with E-state index in [1.807, 2.05) is 13.8 Å². The van der Waals surface area contributed by atoms with Gasteiger partial charge in [-0.25, -0.2) is 4.98 Å². The van der Waals surface area contributed by atoms with E-state index in [4.69, 9.17) is 11.6 Å². The first-order valence-electron chi connectivity index (χ1n) is 5.76. The Morgan fingerprint density at radius 1 is 1.33 bits per heavy atom. The number of hydrogen-bond acceptors (Lipinski definition) is 4. The highest BCUT2D eigenvalue weighted by Gasteiger charge is 2.20. The maximum Gasteiger partial charge on any atom is 0.302 e. The summed E-state index contributed by atoms with van der Waals surface area (Å²) in [5.41, 5.74) is 0. The molecule has 0 aliphatic rings. The number of hydrogen-bond donors (Lipinski definition) is 1. The molecule has 0 atom stereocenters. The van der Waals surface area contributed by atoms with Gasteiger partial charge in [0.2, 0.25) is 5.28 Å². The summed E-state index contributed by atoms with van der Waals surface area (Å²) in [4.78, 5) is 7.49. The van der Waals surface area contributed by atoms with Gasteiger partial charge in [-0.3, -0.25) is 4.72 Å². The smallest absolute Gasteiger partial charge is 0.254 e. The molecule has 1 aromatic rings. The van der Waals surface area contributed by atoms with Crippen LogP contribution in [0.3, 0.4) is 0 Å². The van der Waals surface area contributed by atoms with E-state index in [-0.39, 0.29) is 11.1 Å². The number of nitrogens with zero attached hydrogens (tertiary/aromatic N) is 3. The Morgan fingerprint density at radius 2 is 1.94 bits per heavy atom. The first-order valence-corrected chi connectivity index (χ1v) is 7.57. The largest absolute Gasteiger partial charge is 0.302 e. The molecule has 0 unspecified atom stereocenters. The molecule has 1 rings (SSSR count). The van der Waals surface area contributed by atoms with Crippen molar-refractivity contribution in [3.05, 3.63) is 17.5 Å². The van der Waals surface area contributed by atoms with Crippen LogP contribution in [-0.4, -0.2) is 35.8 Å². The van der Waals surface area contributed by atoms with E-state index in [1.165, 1.54) is 16.6 Å². The van der Waals surface area contributed by atoms with Gasteiger partial charge >= 0.3 is 10.2 Å². The molecule has 102 valence electrons. The molecular weight excluding hydrogens is 276 g/mol. The van der Waals surface area contributed by atoms with Crippen LogP contribution in [0, 0.1) is 0 Å². The molecular formula is C10H17ClN4O2S. The fourth-order valence-corrected chi connectivity index (χ4v) is 2.94. The summed E-state index contributed by atoms with van der Waals surface area (Å²) in [6.07, 6.45) is 2.91. The Morgan fingerprint density at radius 3 is 2.44 bits per heavy atom. The van der Waals surface area contributed by atoms with Gasteiger partial charge < -0.3 is 0 Å². The van der Waals surface area contributed by atoms with Crippen LogP contribution in [0.15, 0.2) is 12.3 Å². The molecule has 0 aliphatic carbocycles. The van der Waals surface area contributed by atoms with E-state index in [0.717, 1.165) is 12.8 Å². The van der Waals surface area contributed by atoms with Gasteiger partial charge in [0.25, 0.3) is 0 Å². The summed E-state index contributed by atoms with van der Waals surface area (Å²) >= 11 is 5.60. The van der Waals surface area contributed by atoms with Crippen LogP contribution in [-0.2, 0) is 10.2 Å². The van der Waals surface area contributed by atoms with Gasteiger partial charge in [0.15, 0.2) is 0 Å². The Bertz CT molecular complexity index is 475. The molecule has 1 aromatic heterocycles. The lowest BCUT2D eigenvalue weighted by atomic mass is 10.4. The fraction of sp³-hybridized carbons (Fsp3) is 0.600. The van der Waals surface area contributed by atoms with E-state index >= 15 is 0 Å². The zero-order valence-corrected chi connectivity index (χ0v) is 12.0. The number of nitrogens with one attached hydrogen (secondary N) is 1. The molecule has 1 heterocycles. The molecule has 0 amide bonds. The Labute approximate surface area is 113 Å². The molecule has 0 bridgehead atoms. The highest BCUT2D eigenvalue weighted by Crippen LogP contribution is 2.11. The monoisotopic (exact) mass is 292 g/mol. The Balaban J connectivity index is 2.85. The maximum atomic E-state index is 12.1. The topological polar surface area (TPSA) is 75.2 Å². The molecule has 0 radical (unpaired) electrons. The predicted octanol–water partition coefficient (Wildman–Crippen LogP) is 1.91.